The minimum Gasteiger partial charge on any atom is -0.481 e. The predicted molar refractivity (Wildman–Crippen MR) is 106 cm³/mol. The lowest BCUT2D eigenvalue weighted by Gasteiger charge is -2.17. The molecule has 6 nitrogen and oxygen atoms in total. The second-order valence-electron chi connectivity index (χ2n) is 5.84. The summed E-state index contributed by atoms with van der Waals surface area (Å²) in [6, 6.07) is 13.7. The van der Waals surface area contributed by atoms with E-state index >= 15 is 0 Å². The molecule has 0 aliphatic heterocycles. The zero-order chi connectivity index (χ0) is 20.0. The molecule has 27 heavy (non-hydrogen) atoms. The summed E-state index contributed by atoms with van der Waals surface area (Å²) in [7, 11) is -3.61. The molecule has 0 saturated carbocycles. The van der Waals surface area contributed by atoms with Gasteiger partial charge in [-0.25, -0.2) is 13.1 Å². The number of benzene rings is 2. The lowest BCUT2D eigenvalue weighted by molar-refractivity contribution is -0.134. The average Bonchev–Trinajstić information content (AvgIpc) is 3.04. The van der Waals surface area contributed by atoms with Crippen LogP contribution in [-0.4, -0.2) is 24.5 Å². The largest absolute Gasteiger partial charge is 0.481 e. The van der Waals surface area contributed by atoms with E-state index in [0.717, 1.165) is 23.4 Å². The topological polar surface area (TPSA) is 99.3 Å². The first kappa shape index (κ1) is 21.0. The molecule has 1 atom stereocenters. The summed E-state index contributed by atoms with van der Waals surface area (Å²) in [6.45, 7) is 3.04. The second-order valence-corrected chi connectivity index (χ2v) is 8.00. The quantitative estimate of drug-likeness (QED) is 0.584. The van der Waals surface area contributed by atoms with Gasteiger partial charge in [0.15, 0.2) is 0 Å². The van der Waals surface area contributed by atoms with E-state index in [1.165, 1.54) is 12.1 Å². The van der Waals surface area contributed by atoms with Crippen LogP contribution in [0.5, 0.6) is 0 Å². The fraction of sp³-hybridized carbons (Fsp3) is 0.211. The lowest BCUT2D eigenvalue weighted by Crippen LogP contribution is -2.28. The van der Waals surface area contributed by atoms with Gasteiger partial charge in [0, 0.05) is 35.1 Å². The highest BCUT2D eigenvalue weighted by Crippen LogP contribution is 2.27. The summed E-state index contributed by atoms with van der Waals surface area (Å²) in [5.74, 6) is -0.833. The molecule has 2 aromatic carbocycles. The van der Waals surface area contributed by atoms with Crippen LogP contribution < -0.4 is 4.72 Å². The number of nitrogens with one attached hydrogen (secondary N) is 2. The minimum atomic E-state index is -3.61. The number of hydrogen-bond acceptors (Lipinski definition) is 3. The van der Waals surface area contributed by atoms with Crippen molar-refractivity contribution in [3.63, 3.8) is 0 Å². The number of aromatic nitrogens is 1. The van der Waals surface area contributed by atoms with Crippen LogP contribution in [0.25, 0.3) is 10.9 Å². The molecule has 8 heteroatoms. The van der Waals surface area contributed by atoms with Crippen LogP contribution in [0.4, 0.5) is 0 Å². The van der Waals surface area contributed by atoms with Crippen molar-refractivity contribution >= 4 is 38.5 Å². The summed E-state index contributed by atoms with van der Waals surface area (Å²) in [4.78, 5) is 12.4. The lowest BCUT2D eigenvalue weighted by atomic mass is 10.0. The van der Waals surface area contributed by atoms with Crippen molar-refractivity contribution in [1.29, 1.82) is 0 Å². The van der Waals surface area contributed by atoms with Crippen LogP contribution in [0, 0.1) is 0 Å². The van der Waals surface area contributed by atoms with E-state index < -0.39 is 16.0 Å². The summed E-state index contributed by atoms with van der Waals surface area (Å²) >= 11 is 5.82. The van der Waals surface area contributed by atoms with Gasteiger partial charge in [-0.15, -0.1) is 0 Å². The third-order valence-corrected chi connectivity index (χ3v) is 5.57. The Morgan fingerprint density at radius 2 is 1.78 bits per heavy atom. The van der Waals surface area contributed by atoms with E-state index in [2.05, 4.69) is 9.71 Å². The van der Waals surface area contributed by atoms with Gasteiger partial charge in [-0.05, 0) is 42.3 Å². The van der Waals surface area contributed by atoms with Gasteiger partial charge in [0.2, 0.25) is 10.0 Å². The molecule has 3 aromatic rings. The number of carboxylic acid groups (broad SMARTS) is 1. The predicted octanol–water partition coefficient (Wildman–Crippen LogP) is 4.34. The van der Waals surface area contributed by atoms with Crippen molar-refractivity contribution in [2.24, 2.45) is 0 Å². The number of aliphatic carboxylic acids is 1. The van der Waals surface area contributed by atoms with Crippen molar-refractivity contribution in [1.82, 2.24) is 9.71 Å². The van der Waals surface area contributed by atoms with Crippen LogP contribution in [0.15, 0.2) is 59.6 Å². The maximum absolute atomic E-state index is 12.6. The molecule has 0 amide bonds. The highest BCUT2D eigenvalue weighted by Gasteiger charge is 2.22. The Labute approximate surface area is 163 Å². The van der Waals surface area contributed by atoms with Gasteiger partial charge in [0.05, 0.1) is 4.90 Å². The number of para-hydroxylation sites is 1. The Balaban J connectivity index is 0.000000596. The van der Waals surface area contributed by atoms with Crippen LogP contribution >= 0.6 is 11.6 Å². The SMILES string of the molecule is CC(=O)O.CCC(NS(=O)(=O)c1ccc(Cl)cc1)c1c[nH]c2ccccc12. The molecule has 0 spiro atoms. The van der Waals surface area contributed by atoms with E-state index in [1.54, 1.807) is 12.1 Å². The van der Waals surface area contributed by atoms with Crippen LogP contribution in [0.3, 0.4) is 0 Å². The molecule has 0 fully saturated rings. The minimum absolute atomic E-state index is 0.209. The molecule has 0 aliphatic rings. The van der Waals surface area contributed by atoms with Crippen LogP contribution in [0.1, 0.15) is 31.9 Å². The zero-order valence-electron chi connectivity index (χ0n) is 14.9. The second kappa shape index (κ2) is 9.03. The molecule has 144 valence electrons. The van der Waals surface area contributed by atoms with E-state index in [-0.39, 0.29) is 10.9 Å². The first-order chi connectivity index (χ1) is 12.7. The Kier molecular flexibility index (Phi) is 7.01. The molecule has 0 radical (unpaired) electrons. The number of carboxylic acids is 1. The highest BCUT2D eigenvalue weighted by molar-refractivity contribution is 7.89. The third-order valence-electron chi connectivity index (χ3n) is 3.83. The molecule has 3 rings (SSSR count). The molecular weight excluding hydrogens is 388 g/mol. The van der Waals surface area contributed by atoms with Crippen molar-refractivity contribution < 1.29 is 18.3 Å². The van der Waals surface area contributed by atoms with Crippen LogP contribution in [-0.2, 0) is 14.8 Å². The van der Waals surface area contributed by atoms with Crippen molar-refractivity contribution in [2.75, 3.05) is 0 Å². The Morgan fingerprint density at radius 3 is 2.37 bits per heavy atom. The summed E-state index contributed by atoms with van der Waals surface area (Å²) in [5.41, 5.74) is 1.94. The summed E-state index contributed by atoms with van der Waals surface area (Å²) < 4.78 is 27.9. The maximum Gasteiger partial charge on any atom is 0.300 e. The van der Waals surface area contributed by atoms with Crippen molar-refractivity contribution in [3.8, 4) is 0 Å². The Morgan fingerprint density at radius 1 is 1.19 bits per heavy atom. The smallest absolute Gasteiger partial charge is 0.300 e. The number of hydrogen-bond donors (Lipinski definition) is 3. The van der Waals surface area contributed by atoms with Crippen LogP contribution in [0.2, 0.25) is 5.02 Å². The van der Waals surface area contributed by atoms with Gasteiger partial charge < -0.3 is 10.1 Å². The fourth-order valence-electron chi connectivity index (χ4n) is 2.62. The number of aromatic amines is 1. The van der Waals surface area contributed by atoms with Gasteiger partial charge in [-0.2, -0.15) is 0 Å². The third kappa shape index (κ3) is 5.56. The molecule has 3 N–H and O–H groups in total. The Hall–Kier alpha value is -2.35. The standard InChI is InChI=1S/C17H17ClN2O2S.C2H4O2/c1-2-16(15-11-19-17-6-4-3-5-14(15)17)20-23(21,22)13-9-7-12(18)8-10-13;1-2(3)4/h3-11,16,19-20H,2H2,1H3;1H3,(H,3,4). The molecule has 1 unspecified atom stereocenters. The number of carbonyl (C=O) groups is 1. The van der Waals surface area contributed by atoms with Gasteiger partial charge in [0.25, 0.3) is 5.97 Å². The first-order valence-electron chi connectivity index (χ1n) is 8.28. The molecule has 0 aliphatic carbocycles. The van der Waals surface area contributed by atoms with E-state index in [4.69, 9.17) is 21.5 Å². The first-order valence-corrected chi connectivity index (χ1v) is 10.1. The number of fused-ring (bicyclic) bond motifs is 1. The number of sulfonamides is 1. The normalized spacial score (nSPS) is 12.3. The van der Waals surface area contributed by atoms with Gasteiger partial charge >= 0.3 is 0 Å². The summed E-state index contributed by atoms with van der Waals surface area (Å²) in [5, 5.41) is 8.95. The molecule has 1 aromatic heterocycles. The number of rotatable bonds is 5. The number of halogens is 1. The molecule has 1 heterocycles. The number of H-pyrrole nitrogens is 1. The molecule has 0 saturated heterocycles. The van der Waals surface area contributed by atoms with E-state index in [0.29, 0.717) is 11.4 Å². The van der Waals surface area contributed by atoms with Gasteiger partial charge in [-0.3, -0.25) is 4.79 Å². The molecular formula is C19H21ClN2O4S. The van der Waals surface area contributed by atoms with E-state index in [9.17, 15) is 8.42 Å². The van der Waals surface area contributed by atoms with Gasteiger partial charge in [0.1, 0.15) is 0 Å². The average molecular weight is 409 g/mol. The molecule has 0 bridgehead atoms. The zero-order valence-corrected chi connectivity index (χ0v) is 16.5. The summed E-state index contributed by atoms with van der Waals surface area (Å²) in [6.07, 6.45) is 2.51. The van der Waals surface area contributed by atoms with Crippen molar-refractivity contribution in [2.45, 2.75) is 31.2 Å². The van der Waals surface area contributed by atoms with E-state index in [1.807, 2.05) is 37.4 Å². The van der Waals surface area contributed by atoms with Gasteiger partial charge in [-0.1, -0.05) is 36.7 Å². The highest BCUT2D eigenvalue weighted by atomic mass is 35.5. The Bertz CT molecular complexity index is 1010. The monoisotopic (exact) mass is 408 g/mol. The van der Waals surface area contributed by atoms with Crippen molar-refractivity contribution in [3.05, 3.63) is 65.3 Å². The maximum atomic E-state index is 12.6. The fourth-order valence-corrected chi connectivity index (χ4v) is 4.04.